The van der Waals surface area contributed by atoms with E-state index in [0.717, 1.165) is 0 Å². The number of amides is 1. The van der Waals surface area contributed by atoms with E-state index in [0.29, 0.717) is 21.8 Å². The summed E-state index contributed by atoms with van der Waals surface area (Å²) in [6, 6.07) is 5.05. The minimum Gasteiger partial charge on any atom is -0.466 e. The molecule has 1 N–H and O–H groups in total. The number of hydrogen-bond donors (Lipinski definition) is 1. The van der Waals surface area contributed by atoms with Crippen LogP contribution in [0.5, 0.6) is 0 Å². The Morgan fingerprint density at radius 1 is 1.39 bits per heavy atom. The summed E-state index contributed by atoms with van der Waals surface area (Å²) >= 11 is 9.08. The van der Waals surface area contributed by atoms with Crippen LogP contribution in [0.4, 0.5) is 5.69 Å². The summed E-state index contributed by atoms with van der Waals surface area (Å²) in [6.45, 7) is 2.05. The number of rotatable bonds is 5. The number of anilines is 1. The Morgan fingerprint density at radius 3 is 2.72 bits per heavy atom. The lowest BCUT2D eigenvalue weighted by molar-refractivity contribution is -0.144. The summed E-state index contributed by atoms with van der Waals surface area (Å²) in [5, 5.41) is 3.26. The maximum Gasteiger partial charge on any atom is 0.306 e. The zero-order chi connectivity index (χ0) is 13.5. The van der Waals surface area contributed by atoms with E-state index in [4.69, 9.17) is 16.3 Å². The van der Waals surface area contributed by atoms with Crippen molar-refractivity contribution in [2.75, 3.05) is 11.9 Å². The van der Waals surface area contributed by atoms with Crippen molar-refractivity contribution in [3.05, 3.63) is 27.7 Å². The van der Waals surface area contributed by atoms with Gasteiger partial charge in [0.25, 0.3) is 0 Å². The van der Waals surface area contributed by atoms with E-state index in [1.807, 2.05) is 0 Å². The molecule has 18 heavy (non-hydrogen) atoms. The monoisotopic (exact) mass is 333 g/mol. The molecule has 0 fully saturated rings. The molecule has 0 aliphatic rings. The number of carbonyl (C=O) groups is 2. The van der Waals surface area contributed by atoms with Crippen molar-refractivity contribution in [2.24, 2.45) is 0 Å². The highest BCUT2D eigenvalue weighted by Gasteiger charge is 2.09. The molecule has 0 bridgehead atoms. The molecule has 0 atom stereocenters. The SMILES string of the molecule is CCOC(=O)CCC(=O)Nc1ccc(Cl)cc1Br. The third kappa shape index (κ3) is 5.06. The van der Waals surface area contributed by atoms with E-state index < -0.39 is 0 Å². The first-order valence-corrected chi connectivity index (χ1v) is 6.60. The van der Waals surface area contributed by atoms with E-state index >= 15 is 0 Å². The van der Waals surface area contributed by atoms with Crippen LogP contribution in [0.3, 0.4) is 0 Å². The van der Waals surface area contributed by atoms with Crippen molar-refractivity contribution in [3.8, 4) is 0 Å². The Balaban J connectivity index is 2.47. The second-order valence-electron chi connectivity index (χ2n) is 3.48. The fraction of sp³-hybridized carbons (Fsp3) is 0.333. The number of ether oxygens (including phenoxy) is 1. The predicted octanol–water partition coefficient (Wildman–Crippen LogP) is 3.38. The van der Waals surface area contributed by atoms with E-state index in [1.165, 1.54) is 0 Å². The fourth-order valence-electron chi connectivity index (χ4n) is 1.25. The molecule has 1 rings (SSSR count). The van der Waals surface area contributed by atoms with Gasteiger partial charge in [0.15, 0.2) is 0 Å². The Labute approximate surface area is 119 Å². The van der Waals surface area contributed by atoms with Gasteiger partial charge in [0.2, 0.25) is 5.91 Å². The minimum absolute atomic E-state index is 0.0743. The lowest BCUT2D eigenvalue weighted by Crippen LogP contribution is -2.14. The molecular weight excluding hydrogens is 321 g/mol. The average molecular weight is 335 g/mol. The second kappa shape index (κ2) is 7.38. The van der Waals surface area contributed by atoms with Gasteiger partial charge >= 0.3 is 5.97 Å². The Kier molecular flexibility index (Phi) is 6.15. The van der Waals surface area contributed by atoms with Crippen LogP contribution in [0.2, 0.25) is 5.02 Å². The summed E-state index contributed by atoms with van der Waals surface area (Å²) in [5.74, 6) is -0.617. The lowest BCUT2D eigenvalue weighted by atomic mass is 10.2. The van der Waals surface area contributed by atoms with Gasteiger partial charge in [-0.2, -0.15) is 0 Å². The standard InChI is InChI=1S/C12H13BrClNO3/c1-2-18-12(17)6-5-11(16)15-10-4-3-8(14)7-9(10)13/h3-4,7H,2,5-6H2,1H3,(H,15,16). The van der Waals surface area contributed by atoms with Gasteiger partial charge < -0.3 is 10.1 Å². The quantitative estimate of drug-likeness (QED) is 0.840. The highest BCUT2D eigenvalue weighted by Crippen LogP contribution is 2.25. The van der Waals surface area contributed by atoms with Crippen molar-refractivity contribution in [1.82, 2.24) is 0 Å². The molecule has 0 heterocycles. The number of halogens is 2. The third-order valence-electron chi connectivity index (χ3n) is 2.07. The molecule has 4 nitrogen and oxygen atoms in total. The molecule has 0 spiro atoms. The highest BCUT2D eigenvalue weighted by atomic mass is 79.9. The maximum absolute atomic E-state index is 11.6. The molecule has 1 amide bonds. The molecule has 1 aromatic carbocycles. The number of carbonyl (C=O) groups excluding carboxylic acids is 2. The zero-order valence-electron chi connectivity index (χ0n) is 9.83. The van der Waals surface area contributed by atoms with Crippen LogP contribution in [0, 0.1) is 0 Å². The summed E-state index contributed by atoms with van der Waals surface area (Å²) in [6.07, 6.45) is 0.165. The Hall–Kier alpha value is -1.07. The predicted molar refractivity (Wildman–Crippen MR) is 73.6 cm³/mol. The Bertz CT molecular complexity index is 451. The number of benzene rings is 1. The molecule has 6 heteroatoms. The second-order valence-corrected chi connectivity index (χ2v) is 4.77. The molecule has 0 saturated carbocycles. The van der Waals surface area contributed by atoms with Gasteiger partial charge in [-0.05, 0) is 41.1 Å². The van der Waals surface area contributed by atoms with Gasteiger partial charge in [0.1, 0.15) is 0 Å². The van der Waals surface area contributed by atoms with E-state index in [1.54, 1.807) is 25.1 Å². The van der Waals surface area contributed by atoms with Crippen molar-refractivity contribution in [1.29, 1.82) is 0 Å². The van der Waals surface area contributed by atoms with Gasteiger partial charge in [0, 0.05) is 15.9 Å². The summed E-state index contributed by atoms with van der Waals surface area (Å²) in [7, 11) is 0. The smallest absolute Gasteiger partial charge is 0.306 e. The molecule has 0 aliphatic carbocycles. The Morgan fingerprint density at radius 2 is 2.11 bits per heavy atom. The molecular formula is C12H13BrClNO3. The van der Waals surface area contributed by atoms with Gasteiger partial charge in [-0.1, -0.05) is 11.6 Å². The average Bonchev–Trinajstić information content (AvgIpc) is 2.31. The van der Waals surface area contributed by atoms with E-state index in [2.05, 4.69) is 21.2 Å². The zero-order valence-corrected chi connectivity index (χ0v) is 12.2. The van der Waals surface area contributed by atoms with Crippen molar-refractivity contribution < 1.29 is 14.3 Å². The molecule has 0 aliphatic heterocycles. The third-order valence-corrected chi connectivity index (χ3v) is 2.96. The van der Waals surface area contributed by atoms with Gasteiger partial charge in [-0.15, -0.1) is 0 Å². The van der Waals surface area contributed by atoms with Crippen LogP contribution in [0.1, 0.15) is 19.8 Å². The van der Waals surface area contributed by atoms with Crippen molar-refractivity contribution in [2.45, 2.75) is 19.8 Å². The topological polar surface area (TPSA) is 55.4 Å². The molecule has 0 saturated heterocycles. The van der Waals surface area contributed by atoms with Gasteiger partial charge in [-0.25, -0.2) is 0 Å². The van der Waals surface area contributed by atoms with Crippen LogP contribution in [-0.4, -0.2) is 18.5 Å². The summed E-state index contributed by atoms with van der Waals surface area (Å²) < 4.78 is 5.43. The van der Waals surface area contributed by atoms with Gasteiger partial charge in [-0.3, -0.25) is 9.59 Å². The highest BCUT2D eigenvalue weighted by molar-refractivity contribution is 9.10. The lowest BCUT2D eigenvalue weighted by Gasteiger charge is -2.07. The normalized spacial score (nSPS) is 9.94. The first-order chi connectivity index (χ1) is 8.52. The molecule has 0 aromatic heterocycles. The number of nitrogens with one attached hydrogen (secondary N) is 1. The first kappa shape index (κ1) is 15.0. The number of hydrogen-bond acceptors (Lipinski definition) is 3. The van der Waals surface area contributed by atoms with Crippen molar-refractivity contribution in [3.63, 3.8) is 0 Å². The van der Waals surface area contributed by atoms with Crippen LogP contribution >= 0.6 is 27.5 Å². The fourth-order valence-corrected chi connectivity index (χ4v) is 2.03. The molecule has 1 aromatic rings. The van der Waals surface area contributed by atoms with E-state index in [-0.39, 0.29) is 24.7 Å². The largest absolute Gasteiger partial charge is 0.466 e. The van der Waals surface area contributed by atoms with Crippen LogP contribution in [-0.2, 0) is 14.3 Å². The van der Waals surface area contributed by atoms with Gasteiger partial charge in [0.05, 0.1) is 18.7 Å². The molecule has 0 radical (unpaired) electrons. The molecule has 0 unspecified atom stereocenters. The van der Waals surface area contributed by atoms with Crippen LogP contribution < -0.4 is 5.32 Å². The number of esters is 1. The van der Waals surface area contributed by atoms with Crippen LogP contribution in [0.15, 0.2) is 22.7 Å². The van der Waals surface area contributed by atoms with E-state index in [9.17, 15) is 9.59 Å². The maximum atomic E-state index is 11.6. The minimum atomic E-state index is -0.372. The molecule has 98 valence electrons. The summed E-state index contributed by atoms with van der Waals surface area (Å²) in [5.41, 5.74) is 0.619. The van der Waals surface area contributed by atoms with Crippen LogP contribution in [0.25, 0.3) is 0 Å². The summed E-state index contributed by atoms with van der Waals surface area (Å²) in [4.78, 5) is 22.7. The van der Waals surface area contributed by atoms with Crippen molar-refractivity contribution >= 4 is 45.1 Å². The first-order valence-electron chi connectivity index (χ1n) is 5.43.